The number of halogens is 1. The summed E-state index contributed by atoms with van der Waals surface area (Å²) in [5.41, 5.74) is 2.00. The summed E-state index contributed by atoms with van der Waals surface area (Å²) in [5, 5.41) is 13.0. The molecule has 5 heteroatoms. The van der Waals surface area contributed by atoms with Gasteiger partial charge in [0, 0.05) is 28.1 Å². The number of aromatic amines is 1. The van der Waals surface area contributed by atoms with Crippen molar-refractivity contribution in [2.24, 2.45) is 0 Å². The Morgan fingerprint density at radius 3 is 3.05 bits per heavy atom. The lowest BCUT2D eigenvalue weighted by atomic mass is 10.1. The Morgan fingerprint density at radius 2 is 2.32 bits per heavy atom. The van der Waals surface area contributed by atoms with Crippen LogP contribution in [0.25, 0.3) is 10.9 Å². The van der Waals surface area contributed by atoms with Gasteiger partial charge in [0.2, 0.25) is 5.91 Å². The highest BCUT2D eigenvalue weighted by Crippen LogP contribution is 2.22. The van der Waals surface area contributed by atoms with Crippen LogP contribution in [0.2, 0.25) is 0 Å². The number of carbonyl (C=O) groups excluding carboxylic acids is 1. The number of rotatable bonds is 5. The molecule has 0 saturated carbocycles. The number of carbonyl (C=O) groups is 1. The summed E-state index contributed by atoms with van der Waals surface area (Å²) >= 11 is 3.42. The quantitative estimate of drug-likeness (QED) is 0.790. The molecule has 0 bridgehead atoms. The molecular weight excluding hydrogens is 308 g/mol. The van der Waals surface area contributed by atoms with E-state index in [0.717, 1.165) is 20.9 Å². The molecular formula is C14H17BrN2O2. The highest BCUT2D eigenvalue weighted by atomic mass is 79.9. The SMILES string of the molecule is CC(O)CCNC(=O)Cc1c[nH]c2cc(Br)ccc12. The zero-order valence-corrected chi connectivity index (χ0v) is 12.3. The molecule has 19 heavy (non-hydrogen) atoms. The first-order valence-electron chi connectivity index (χ1n) is 6.26. The summed E-state index contributed by atoms with van der Waals surface area (Å²) in [4.78, 5) is 14.9. The summed E-state index contributed by atoms with van der Waals surface area (Å²) in [7, 11) is 0. The average molecular weight is 325 g/mol. The number of hydrogen-bond donors (Lipinski definition) is 3. The lowest BCUT2D eigenvalue weighted by molar-refractivity contribution is -0.120. The van der Waals surface area contributed by atoms with Crippen LogP contribution in [-0.4, -0.2) is 28.6 Å². The van der Waals surface area contributed by atoms with Crippen molar-refractivity contribution in [3.05, 3.63) is 34.4 Å². The van der Waals surface area contributed by atoms with Gasteiger partial charge in [0.25, 0.3) is 0 Å². The molecule has 1 heterocycles. The van der Waals surface area contributed by atoms with Crippen molar-refractivity contribution < 1.29 is 9.90 Å². The minimum atomic E-state index is -0.384. The topological polar surface area (TPSA) is 65.1 Å². The van der Waals surface area contributed by atoms with Crippen LogP contribution >= 0.6 is 15.9 Å². The molecule has 0 spiro atoms. The van der Waals surface area contributed by atoms with Crippen LogP contribution in [0.1, 0.15) is 18.9 Å². The van der Waals surface area contributed by atoms with Crippen molar-refractivity contribution in [3.8, 4) is 0 Å². The van der Waals surface area contributed by atoms with Crippen molar-refractivity contribution >= 4 is 32.7 Å². The van der Waals surface area contributed by atoms with Gasteiger partial charge in [-0.05, 0) is 31.0 Å². The molecule has 102 valence electrons. The Labute approximate surface area is 120 Å². The molecule has 1 aromatic carbocycles. The van der Waals surface area contributed by atoms with Gasteiger partial charge in [-0.1, -0.05) is 22.0 Å². The van der Waals surface area contributed by atoms with E-state index in [4.69, 9.17) is 5.11 Å². The van der Waals surface area contributed by atoms with E-state index in [2.05, 4.69) is 26.2 Å². The second-order valence-corrected chi connectivity index (χ2v) is 5.58. The summed E-state index contributed by atoms with van der Waals surface area (Å²) in [5.74, 6) is -0.0236. The molecule has 0 aliphatic carbocycles. The van der Waals surface area contributed by atoms with Crippen LogP contribution in [0.3, 0.4) is 0 Å². The molecule has 1 atom stereocenters. The standard InChI is InChI=1S/C14H17BrN2O2/c1-9(18)4-5-16-14(19)6-10-8-17-13-7-11(15)2-3-12(10)13/h2-3,7-9,17-18H,4-6H2,1H3,(H,16,19). The third kappa shape index (κ3) is 3.81. The van der Waals surface area contributed by atoms with Crippen LogP contribution in [0.5, 0.6) is 0 Å². The Morgan fingerprint density at radius 1 is 1.53 bits per heavy atom. The van der Waals surface area contributed by atoms with Crippen LogP contribution in [0, 0.1) is 0 Å². The van der Waals surface area contributed by atoms with E-state index in [9.17, 15) is 4.79 Å². The minimum absolute atomic E-state index is 0.0236. The van der Waals surface area contributed by atoms with Crippen molar-refractivity contribution in [2.45, 2.75) is 25.9 Å². The monoisotopic (exact) mass is 324 g/mol. The van der Waals surface area contributed by atoms with Crippen molar-refractivity contribution in [3.63, 3.8) is 0 Å². The van der Waals surface area contributed by atoms with Crippen LogP contribution < -0.4 is 5.32 Å². The molecule has 2 aromatic rings. The molecule has 0 radical (unpaired) electrons. The molecule has 0 fully saturated rings. The van der Waals surface area contributed by atoms with Gasteiger partial charge in [0.15, 0.2) is 0 Å². The maximum absolute atomic E-state index is 11.8. The molecule has 4 nitrogen and oxygen atoms in total. The zero-order valence-electron chi connectivity index (χ0n) is 10.7. The Bertz CT molecular complexity index is 578. The summed E-state index contributed by atoms with van der Waals surface area (Å²) < 4.78 is 1.01. The van der Waals surface area contributed by atoms with Crippen LogP contribution in [0.4, 0.5) is 0 Å². The normalized spacial score (nSPS) is 12.6. The van der Waals surface area contributed by atoms with E-state index in [1.807, 2.05) is 24.4 Å². The second-order valence-electron chi connectivity index (χ2n) is 4.67. The maximum Gasteiger partial charge on any atom is 0.224 e. The third-order valence-electron chi connectivity index (χ3n) is 2.96. The fourth-order valence-electron chi connectivity index (χ4n) is 1.96. The fourth-order valence-corrected chi connectivity index (χ4v) is 2.32. The summed E-state index contributed by atoms with van der Waals surface area (Å²) in [6.45, 7) is 2.22. The lowest BCUT2D eigenvalue weighted by Gasteiger charge is -2.06. The molecule has 3 N–H and O–H groups in total. The minimum Gasteiger partial charge on any atom is -0.393 e. The molecule has 2 rings (SSSR count). The molecule has 1 aromatic heterocycles. The predicted octanol–water partition coefficient (Wildman–Crippen LogP) is 2.36. The van der Waals surface area contributed by atoms with Crippen LogP contribution in [-0.2, 0) is 11.2 Å². The maximum atomic E-state index is 11.8. The van der Waals surface area contributed by atoms with Crippen molar-refractivity contribution in [2.75, 3.05) is 6.54 Å². The van der Waals surface area contributed by atoms with Crippen molar-refractivity contribution in [1.29, 1.82) is 0 Å². The van der Waals surface area contributed by atoms with Crippen molar-refractivity contribution in [1.82, 2.24) is 10.3 Å². The highest BCUT2D eigenvalue weighted by molar-refractivity contribution is 9.10. The number of fused-ring (bicyclic) bond motifs is 1. The van der Waals surface area contributed by atoms with Gasteiger partial charge in [-0.3, -0.25) is 4.79 Å². The molecule has 0 aliphatic heterocycles. The van der Waals surface area contributed by atoms with Gasteiger partial charge in [0.1, 0.15) is 0 Å². The van der Waals surface area contributed by atoms with Gasteiger partial charge >= 0.3 is 0 Å². The van der Waals surface area contributed by atoms with E-state index in [0.29, 0.717) is 19.4 Å². The number of amides is 1. The molecule has 1 unspecified atom stereocenters. The van der Waals surface area contributed by atoms with E-state index in [-0.39, 0.29) is 12.0 Å². The Balaban J connectivity index is 1.99. The van der Waals surface area contributed by atoms with E-state index in [1.54, 1.807) is 6.92 Å². The van der Waals surface area contributed by atoms with Gasteiger partial charge < -0.3 is 15.4 Å². The van der Waals surface area contributed by atoms with Gasteiger partial charge in [0.05, 0.1) is 12.5 Å². The number of aromatic nitrogens is 1. The van der Waals surface area contributed by atoms with E-state index < -0.39 is 0 Å². The van der Waals surface area contributed by atoms with Crippen LogP contribution in [0.15, 0.2) is 28.9 Å². The predicted molar refractivity (Wildman–Crippen MR) is 79.0 cm³/mol. The fraction of sp³-hybridized carbons (Fsp3) is 0.357. The number of benzene rings is 1. The van der Waals surface area contributed by atoms with E-state index in [1.165, 1.54) is 0 Å². The molecule has 0 aliphatic rings. The number of aliphatic hydroxyl groups excluding tert-OH is 1. The summed E-state index contributed by atoms with van der Waals surface area (Å²) in [6.07, 6.45) is 2.41. The average Bonchev–Trinajstić information content (AvgIpc) is 2.71. The highest BCUT2D eigenvalue weighted by Gasteiger charge is 2.09. The first kappa shape index (κ1) is 14.1. The molecule has 1 amide bonds. The number of hydrogen-bond acceptors (Lipinski definition) is 2. The number of nitrogens with one attached hydrogen (secondary N) is 2. The first-order chi connectivity index (χ1) is 9.06. The summed E-state index contributed by atoms with van der Waals surface area (Å²) in [6, 6.07) is 5.95. The van der Waals surface area contributed by atoms with Gasteiger partial charge in [-0.15, -0.1) is 0 Å². The third-order valence-corrected chi connectivity index (χ3v) is 3.46. The molecule has 0 saturated heterocycles. The number of aliphatic hydroxyl groups is 1. The Hall–Kier alpha value is -1.33. The number of H-pyrrole nitrogens is 1. The Kier molecular flexibility index (Phi) is 4.61. The lowest BCUT2D eigenvalue weighted by Crippen LogP contribution is -2.27. The van der Waals surface area contributed by atoms with E-state index >= 15 is 0 Å². The first-order valence-corrected chi connectivity index (χ1v) is 7.06. The van der Waals surface area contributed by atoms with Gasteiger partial charge in [-0.2, -0.15) is 0 Å². The zero-order chi connectivity index (χ0) is 13.8. The second kappa shape index (κ2) is 6.21. The van der Waals surface area contributed by atoms with Gasteiger partial charge in [-0.25, -0.2) is 0 Å². The smallest absolute Gasteiger partial charge is 0.224 e. The largest absolute Gasteiger partial charge is 0.393 e.